The van der Waals surface area contributed by atoms with Gasteiger partial charge >= 0.3 is 0 Å². The highest BCUT2D eigenvalue weighted by atomic mass is 19.3. The highest BCUT2D eigenvalue weighted by Gasteiger charge is 2.26. The number of amides is 1. The molecule has 3 aliphatic rings. The molecule has 10 nitrogen and oxygen atoms in total. The molecule has 1 aromatic carbocycles. The van der Waals surface area contributed by atoms with Gasteiger partial charge in [0.2, 0.25) is 11.9 Å². The van der Waals surface area contributed by atoms with Crippen LogP contribution in [-0.4, -0.2) is 88.3 Å². The number of rotatable bonds is 9. The van der Waals surface area contributed by atoms with Crippen LogP contribution >= 0.6 is 0 Å². The molecule has 41 heavy (non-hydrogen) atoms. The van der Waals surface area contributed by atoms with E-state index in [0.717, 1.165) is 45.3 Å². The van der Waals surface area contributed by atoms with E-state index in [1.165, 1.54) is 17.4 Å². The molecule has 4 heterocycles. The van der Waals surface area contributed by atoms with Gasteiger partial charge in [0, 0.05) is 44.2 Å². The number of alkyl halides is 2. The number of imidazole rings is 1. The molecular weight excluding hydrogens is 530 g/mol. The van der Waals surface area contributed by atoms with Crippen LogP contribution in [0, 0.1) is 0 Å². The number of para-hydroxylation sites is 2. The second kappa shape index (κ2) is 12.6. The van der Waals surface area contributed by atoms with Crippen LogP contribution in [0.3, 0.4) is 0 Å². The minimum Gasteiger partial charge on any atom is -0.378 e. The summed E-state index contributed by atoms with van der Waals surface area (Å²) in [6, 6.07) is 9.14. The number of carbonyl (C=O) groups is 1. The van der Waals surface area contributed by atoms with Crippen LogP contribution in [0.2, 0.25) is 0 Å². The van der Waals surface area contributed by atoms with Crippen molar-refractivity contribution in [1.29, 1.82) is 0 Å². The smallest absolute Gasteiger partial charge is 0.296 e. The number of morpholine rings is 1. The molecule has 220 valence electrons. The number of nitrogens with one attached hydrogen (secondary N) is 2. The predicted molar refractivity (Wildman–Crippen MR) is 153 cm³/mol. The van der Waals surface area contributed by atoms with E-state index in [0.29, 0.717) is 61.3 Å². The maximum absolute atomic E-state index is 14.1. The lowest BCUT2D eigenvalue weighted by Crippen LogP contribution is -2.41. The van der Waals surface area contributed by atoms with Crippen LogP contribution in [0.5, 0.6) is 0 Å². The molecule has 2 aromatic heterocycles. The third-order valence-electron chi connectivity index (χ3n) is 8.32. The summed E-state index contributed by atoms with van der Waals surface area (Å²) in [5, 5.41) is 6.69. The van der Waals surface area contributed by atoms with Crippen molar-refractivity contribution >= 4 is 28.7 Å². The van der Waals surface area contributed by atoms with Gasteiger partial charge in [-0.1, -0.05) is 12.1 Å². The third kappa shape index (κ3) is 6.59. The number of carbonyl (C=O) groups excluding carboxylic acids is 1. The van der Waals surface area contributed by atoms with E-state index < -0.39 is 6.43 Å². The zero-order chi connectivity index (χ0) is 28.2. The fourth-order valence-electron chi connectivity index (χ4n) is 6.12. The highest BCUT2D eigenvalue weighted by molar-refractivity contribution is 5.78. The number of benzene rings is 1. The van der Waals surface area contributed by atoms with Crippen molar-refractivity contribution < 1.29 is 18.3 Å². The first-order chi connectivity index (χ1) is 20.0. The zero-order valence-corrected chi connectivity index (χ0v) is 23.3. The Morgan fingerprint density at radius 3 is 2.41 bits per heavy atom. The Morgan fingerprint density at radius 2 is 1.66 bits per heavy atom. The zero-order valence-electron chi connectivity index (χ0n) is 23.3. The predicted octanol–water partition coefficient (Wildman–Crippen LogP) is 3.91. The molecule has 0 unspecified atom stereocenters. The van der Waals surface area contributed by atoms with E-state index in [4.69, 9.17) is 14.7 Å². The summed E-state index contributed by atoms with van der Waals surface area (Å²) in [5.74, 6) is 1.21. The van der Waals surface area contributed by atoms with Crippen LogP contribution in [0.25, 0.3) is 16.9 Å². The van der Waals surface area contributed by atoms with Gasteiger partial charge in [-0.25, -0.2) is 13.8 Å². The summed E-state index contributed by atoms with van der Waals surface area (Å²) >= 11 is 0. The maximum atomic E-state index is 14.1. The molecule has 1 aliphatic carbocycles. The fraction of sp³-hybridized carbons (Fsp3) is 0.586. The number of anilines is 2. The largest absolute Gasteiger partial charge is 0.378 e. The molecule has 0 bridgehead atoms. The standard InChI is InChI=1S/C29H38F2N8O2/c30-27(31)28-34-22-5-1-2-6-23(22)39(28)25-19-24(38-15-17-41-18-16-38)35-29(36-25)33-21-9-7-20(8-10-21)32-26(40)11-14-37-12-3-4-13-37/h1-2,5-6,19-21,27H,3-4,7-18H2,(H,32,40)(H,33,35,36)/t20-,21-. The van der Waals surface area contributed by atoms with Gasteiger partial charge in [0.05, 0.1) is 24.2 Å². The van der Waals surface area contributed by atoms with Crippen molar-refractivity contribution in [1.82, 2.24) is 29.7 Å². The Morgan fingerprint density at radius 1 is 0.951 bits per heavy atom. The third-order valence-corrected chi connectivity index (χ3v) is 8.32. The number of hydrogen-bond donors (Lipinski definition) is 2. The molecule has 6 rings (SSSR count). The molecule has 0 spiro atoms. The summed E-state index contributed by atoms with van der Waals surface area (Å²) in [4.78, 5) is 30.7. The quantitative estimate of drug-likeness (QED) is 0.401. The van der Waals surface area contributed by atoms with Crippen molar-refractivity contribution in [2.75, 3.05) is 56.2 Å². The minimum absolute atomic E-state index is 0.120. The van der Waals surface area contributed by atoms with Crippen molar-refractivity contribution in [3.05, 3.63) is 36.2 Å². The van der Waals surface area contributed by atoms with Gasteiger partial charge in [-0.2, -0.15) is 9.97 Å². The van der Waals surface area contributed by atoms with Crippen LogP contribution in [0.4, 0.5) is 20.5 Å². The van der Waals surface area contributed by atoms with Crippen LogP contribution in [-0.2, 0) is 9.53 Å². The van der Waals surface area contributed by atoms with Crippen molar-refractivity contribution in [3.8, 4) is 5.82 Å². The molecule has 12 heteroatoms. The molecule has 3 fully saturated rings. The molecule has 3 aromatic rings. The van der Waals surface area contributed by atoms with Crippen LogP contribution in [0.1, 0.15) is 57.2 Å². The highest BCUT2D eigenvalue weighted by Crippen LogP contribution is 2.30. The Hall–Kier alpha value is -3.38. The second-order valence-corrected chi connectivity index (χ2v) is 11.2. The van der Waals surface area contributed by atoms with Gasteiger partial charge in [0.15, 0.2) is 5.82 Å². The molecule has 1 amide bonds. The molecule has 2 N–H and O–H groups in total. The molecule has 2 saturated heterocycles. The monoisotopic (exact) mass is 568 g/mol. The lowest BCUT2D eigenvalue weighted by atomic mass is 9.91. The Labute approximate surface area is 238 Å². The maximum Gasteiger partial charge on any atom is 0.296 e. The Bertz CT molecular complexity index is 1330. The first-order valence-electron chi connectivity index (χ1n) is 14.8. The molecular formula is C29H38F2N8O2. The number of fused-ring (bicyclic) bond motifs is 1. The van der Waals surface area contributed by atoms with E-state index in [1.807, 2.05) is 6.07 Å². The average molecular weight is 569 g/mol. The fourth-order valence-corrected chi connectivity index (χ4v) is 6.12. The minimum atomic E-state index is -2.76. The molecule has 0 atom stereocenters. The molecule has 1 saturated carbocycles. The Kier molecular flexibility index (Phi) is 8.56. The number of likely N-dealkylation sites (tertiary alicyclic amines) is 1. The first kappa shape index (κ1) is 27.8. The van der Waals surface area contributed by atoms with Crippen molar-refractivity contribution in [3.63, 3.8) is 0 Å². The van der Waals surface area contributed by atoms with E-state index in [2.05, 4.69) is 25.4 Å². The number of halogens is 2. The van der Waals surface area contributed by atoms with Crippen LogP contribution < -0.4 is 15.5 Å². The van der Waals surface area contributed by atoms with E-state index >= 15 is 0 Å². The first-order valence-corrected chi connectivity index (χ1v) is 14.8. The summed E-state index contributed by atoms with van der Waals surface area (Å²) in [7, 11) is 0. The van der Waals surface area contributed by atoms with Gasteiger partial charge in [-0.15, -0.1) is 0 Å². The normalized spacial score (nSPS) is 22.0. The van der Waals surface area contributed by atoms with Gasteiger partial charge in [-0.05, 0) is 63.7 Å². The van der Waals surface area contributed by atoms with E-state index in [9.17, 15) is 13.6 Å². The number of aromatic nitrogens is 4. The average Bonchev–Trinajstić information content (AvgIpc) is 3.66. The second-order valence-electron chi connectivity index (χ2n) is 11.2. The summed E-state index contributed by atoms with van der Waals surface area (Å²) < 4.78 is 35.2. The topological polar surface area (TPSA) is 100 Å². The molecule has 2 aliphatic heterocycles. The lowest BCUT2D eigenvalue weighted by Gasteiger charge is -2.31. The SMILES string of the molecule is O=C(CCN1CCCC1)N[C@H]1CC[C@H](Nc2nc(N3CCOCC3)cc(-n3c(C(F)F)nc4ccccc43)n2)CC1. The van der Waals surface area contributed by atoms with Gasteiger partial charge in [-0.3, -0.25) is 9.36 Å². The van der Waals surface area contributed by atoms with Gasteiger partial charge in [0.1, 0.15) is 11.6 Å². The number of ether oxygens (including phenoxy) is 1. The van der Waals surface area contributed by atoms with E-state index in [1.54, 1.807) is 24.3 Å². The van der Waals surface area contributed by atoms with E-state index in [-0.39, 0.29) is 23.8 Å². The number of hydrogen-bond acceptors (Lipinski definition) is 8. The summed E-state index contributed by atoms with van der Waals surface area (Å²) in [6.07, 6.45) is 3.68. The van der Waals surface area contributed by atoms with Gasteiger partial charge < -0.3 is 25.2 Å². The lowest BCUT2D eigenvalue weighted by molar-refractivity contribution is -0.122. The van der Waals surface area contributed by atoms with Crippen molar-refractivity contribution in [2.45, 2.75) is 63.5 Å². The van der Waals surface area contributed by atoms with Crippen molar-refractivity contribution in [2.24, 2.45) is 0 Å². The summed E-state index contributed by atoms with van der Waals surface area (Å²) in [5.41, 5.74) is 1.06. The van der Waals surface area contributed by atoms with Crippen LogP contribution in [0.15, 0.2) is 30.3 Å². The Balaban J connectivity index is 1.17. The van der Waals surface area contributed by atoms with Gasteiger partial charge in [0.25, 0.3) is 6.43 Å². The number of nitrogens with zero attached hydrogens (tertiary/aromatic N) is 6. The summed E-state index contributed by atoms with van der Waals surface area (Å²) in [6.45, 7) is 5.50. The molecule has 0 radical (unpaired) electrons.